The van der Waals surface area contributed by atoms with Crippen molar-refractivity contribution >= 4 is 23.4 Å². The van der Waals surface area contributed by atoms with Gasteiger partial charge in [-0.15, -0.1) is 0 Å². The molecule has 0 aliphatic heterocycles. The van der Waals surface area contributed by atoms with E-state index in [0.29, 0.717) is 11.3 Å². The van der Waals surface area contributed by atoms with Crippen LogP contribution in [0, 0.1) is 10.1 Å². The fourth-order valence-electron chi connectivity index (χ4n) is 4.73. The number of para-hydroxylation sites is 1. The summed E-state index contributed by atoms with van der Waals surface area (Å²) >= 11 is 0. The number of nitrogens with one attached hydrogen (secondary N) is 2. The van der Waals surface area contributed by atoms with Crippen molar-refractivity contribution in [3.63, 3.8) is 0 Å². The lowest BCUT2D eigenvalue weighted by Crippen LogP contribution is -2.45. The molecule has 1 aliphatic rings. The van der Waals surface area contributed by atoms with Crippen LogP contribution in [0.1, 0.15) is 22.6 Å². The molecule has 0 aromatic heterocycles. The summed E-state index contributed by atoms with van der Waals surface area (Å²) < 4.78 is 5.64. The Morgan fingerprint density at radius 1 is 0.816 bits per heavy atom. The molecule has 0 heterocycles. The molecule has 2 N–H and O–H groups in total. The maximum Gasteiger partial charge on any atom is 0.407 e. The van der Waals surface area contributed by atoms with Gasteiger partial charge in [0.2, 0.25) is 5.91 Å². The molecule has 0 bridgehead atoms. The predicted molar refractivity (Wildman–Crippen MR) is 144 cm³/mol. The minimum Gasteiger partial charge on any atom is -0.449 e. The van der Waals surface area contributed by atoms with Gasteiger partial charge in [0, 0.05) is 30.2 Å². The Kier molecular flexibility index (Phi) is 7.13. The molecule has 0 fully saturated rings. The summed E-state index contributed by atoms with van der Waals surface area (Å²) in [7, 11) is 0. The molecule has 8 nitrogen and oxygen atoms in total. The van der Waals surface area contributed by atoms with Crippen LogP contribution in [0.5, 0.6) is 0 Å². The van der Waals surface area contributed by atoms with Crippen molar-refractivity contribution in [3.8, 4) is 11.1 Å². The Morgan fingerprint density at radius 3 is 2.00 bits per heavy atom. The number of nitro benzene ring substituents is 1. The summed E-state index contributed by atoms with van der Waals surface area (Å²) in [6.07, 6.45) is -0.595. The number of anilines is 1. The van der Waals surface area contributed by atoms with E-state index in [-0.39, 0.29) is 24.6 Å². The summed E-state index contributed by atoms with van der Waals surface area (Å²) in [6, 6.07) is 29.9. The molecule has 1 unspecified atom stereocenters. The van der Waals surface area contributed by atoms with E-state index < -0.39 is 23.0 Å². The molecule has 2 amide bonds. The van der Waals surface area contributed by atoms with Crippen LogP contribution in [0.2, 0.25) is 0 Å². The minimum atomic E-state index is -0.965. The average molecular weight is 508 g/mol. The molecule has 38 heavy (non-hydrogen) atoms. The highest BCUT2D eigenvalue weighted by atomic mass is 16.6. The molecule has 1 atom stereocenters. The number of hydrogen-bond acceptors (Lipinski definition) is 5. The third kappa shape index (κ3) is 5.39. The average Bonchev–Trinajstić information content (AvgIpc) is 3.26. The molecular formula is C30H25N3O5. The predicted octanol–water partition coefficient (Wildman–Crippen LogP) is 5.68. The van der Waals surface area contributed by atoms with Gasteiger partial charge in [-0.05, 0) is 39.9 Å². The number of carbonyl (C=O) groups excluding carboxylic acids is 2. The van der Waals surface area contributed by atoms with Gasteiger partial charge in [-0.1, -0.05) is 78.9 Å². The summed E-state index contributed by atoms with van der Waals surface area (Å²) in [4.78, 5) is 36.6. The molecule has 5 rings (SSSR count). The third-order valence-corrected chi connectivity index (χ3v) is 6.58. The summed E-state index contributed by atoms with van der Waals surface area (Å²) in [5, 5.41) is 16.5. The van der Waals surface area contributed by atoms with Gasteiger partial charge in [-0.2, -0.15) is 0 Å². The van der Waals surface area contributed by atoms with Gasteiger partial charge in [0.25, 0.3) is 5.69 Å². The van der Waals surface area contributed by atoms with Crippen LogP contribution in [0.25, 0.3) is 11.1 Å². The second-order valence-electron chi connectivity index (χ2n) is 9.01. The van der Waals surface area contributed by atoms with Crippen LogP contribution < -0.4 is 10.6 Å². The first kappa shape index (κ1) is 24.7. The van der Waals surface area contributed by atoms with E-state index in [4.69, 9.17) is 4.74 Å². The highest BCUT2D eigenvalue weighted by Gasteiger charge is 2.30. The largest absolute Gasteiger partial charge is 0.449 e. The van der Waals surface area contributed by atoms with Crippen LogP contribution >= 0.6 is 0 Å². The normalized spacial score (nSPS) is 12.6. The van der Waals surface area contributed by atoms with Crippen molar-refractivity contribution in [3.05, 3.63) is 130 Å². The number of non-ortho nitro benzene ring substituents is 1. The van der Waals surface area contributed by atoms with Crippen molar-refractivity contribution in [2.45, 2.75) is 18.4 Å². The highest BCUT2D eigenvalue weighted by Crippen LogP contribution is 2.44. The summed E-state index contributed by atoms with van der Waals surface area (Å²) in [5.41, 5.74) is 5.61. The molecule has 1 aliphatic carbocycles. The number of benzene rings is 4. The SMILES string of the molecule is O=C(NC(Cc1ccc([N+](=O)[O-])cc1)C(=O)Nc1ccccc1)OCC1c2ccccc2-c2ccccc21. The number of amides is 2. The highest BCUT2D eigenvalue weighted by molar-refractivity contribution is 5.96. The van der Waals surface area contributed by atoms with Gasteiger partial charge in [0.1, 0.15) is 12.6 Å². The van der Waals surface area contributed by atoms with Crippen LogP contribution in [0.3, 0.4) is 0 Å². The zero-order valence-corrected chi connectivity index (χ0v) is 20.4. The van der Waals surface area contributed by atoms with E-state index in [9.17, 15) is 19.7 Å². The number of nitro groups is 1. The standard InChI is InChI=1S/C30H25N3O5/c34-29(31-21-8-2-1-3-9-21)28(18-20-14-16-22(17-15-20)33(36)37)32-30(35)38-19-27-25-12-6-4-10-23(25)24-11-5-7-13-26(24)27/h1-17,27-28H,18-19H2,(H,31,34)(H,32,35). The number of hydrogen-bond donors (Lipinski definition) is 2. The molecule has 0 saturated carbocycles. The first-order valence-corrected chi connectivity index (χ1v) is 12.2. The topological polar surface area (TPSA) is 111 Å². The molecule has 190 valence electrons. The van der Waals surface area contributed by atoms with Crippen LogP contribution in [-0.4, -0.2) is 29.6 Å². The van der Waals surface area contributed by atoms with Gasteiger partial charge in [0.05, 0.1) is 4.92 Å². The zero-order valence-electron chi connectivity index (χ0n) is 20.4. The van der Waals surface area contributed by atoms with Crippen molar-refractivity contribution < 1.29 is 19.2 Å². The van der Waals surface area contributed by atoms with E-state index in [1.54, 1.807) is 36.4 Å². The molecular weight excluding hydrogens is 482 g/mol. The van der Waals surface area contributed by atoms with Crippen LogP contribution in [0.15, 0.2) is 103 Å². The smallest absolute Gasteiger partial charge is 0.407 e. The fraction of sp³-hybridized carbons (Fsp3) is 0.133. The van der Waals surface area contributed by atoms with Crippen LogP contribution in [0.4, 0.5) is 16.2 Å². The number of rotatable bonds is 8. The van der Waals surface area contributed by atoms with Crippen molar-refractivity contribution in [1.29, 1.82) is 0 Å². The lowest BCUT2D eigenvalue weighted by atomic mass is 9.98. The second kappa shape index (κ2) is 11.0. The lowest BCUT2D eigenvalue weighted by Gasteiger charge is -2.20. The molecule has 4 aromatic rings. The Balaban J connectivity index is 1.30. The number of nitrogens with zero attached hydrogens (tertiary/aromatic N) is 1. The van der Waals surface area contributed by atoms with Gasteiger partial charge < -0.3 is 15.4 Å². The summed E-state index contributed by atoms with van der Waals surface area (Å²) in [6.45, 7) is 0.115. The fourth-order valence-corrected chi connectivity index (χ4v) is 4.73. The molecule has 8 heteroatoms. The summed E-state index contributed by atoms with van der Waals surface area (Å²) in [5.74, 6) is -0.539. The Bertz CT molecular complexity index is 1430. The van der Waals surface area contributed by atoms with Gasteiger partial charge >= 0.3 is 6.09 Å². The molecule has 0 spiro atoms. The quantitative estimate of drug-likeness (QED) is 0.235. The first-order chi connectivity index (χ1) is 18.5. The monoisotopic (exact) mass is 507 g/mol. The number of ether oxygens (including phenoxy) is 1. The maximum atomic E-state index is 13.1. The maximum absolute atomic E-state index is 13.1. The Hall–Kier alpha value is -4.98. The lowest BCUT2D eigenvalue weighted by molar-refractivity contribution is -0.384. The minimum absolute atomic E-state index is 0.0523. The molecule has 4 aromatic carbocycles. The van der Waals surface area contributed by atoms with Crippen molar-refractivity contribution in [2.75, 3.05) is 11.9 Å². The van der Waals surface area contributed by atoms with Gasteiger partial charge in [-0.25, -0.2) is 4.79 Å². The Labute approximate surface area is 219 Å². The van der Waals surface area contributed by atoms with Crippen LogP contribution in [-0.2, 0) is 16.0 Å². The van der Waals surface area contributed by atoms with E-state index in [1.807, 2.05) is 42.5 Å². The molecule has 0 radical (unpaired) electrons. The third-order valence-electron chi connectivity index (χ3n) is 6.58. The van der Waals surface area contributed by atoms with E-state index >= 15 is 0 Å². The molecule has 0 saturated heterocycles. The van der Waals surface area contributed by atoms with E-state index in [0.717, 1.165) is 22.3 Å². The van der Waals surface area contributed by atoms with Gasteiger partial charge in [0.15, 0.2) is 0 Å². The zero-order chi connectivity index (χ0) is 26.5. The number of alkyl carbamates (subject to hydrolysis) is 1. The first-order valence-electron chi connectivity index (χ1n) is 12.2. The number of carbonyl (C=O) groups is 2. The number of fused-ring (bicyclic) bond motifs is 3. The van der Waals surface area contributed by atoms with Gasteiger partial charge in [-0.3, -0.25) is 14.9 Å². The Morgan fingerprint density at radius 2 is 1.39 bits per heavy atom. The van der Waals surface area contributed by atoms with Crippen molar-refractivity contribution in [2.24, 2.45) is 0 Å². The van der Waals surface area contributed by atoms with E-state index in [1.165, 1.54) is 12.1 Å². The van der Waals surface area contributed by atoms with Crippen molar-refractivity contribution in [1.82, 2.24) is 5.32 Å². The van der Waals surface area contributed by atoms with E-state index in [2.05, 4.69) is 22.8 Å². The second-order valence-corrected chi connectivity index (χ2v) is 9.01.